The largest absolute Gasteiger partial charge is 0.448 e. The van der Waals surface area contributed by atoms with Crippen molar-refractivity contribution < 1.29 is 9.53 Å². The van der Waals surface area contributed by atoms with Crippen LogP contribution in [0.1, 0.15) is 12.8 Å². The summed E-state index contributed by atoms with van der Waals surface area (Å²) in [4.78, 5) is 11.6. The van der Waals surface area contributed by atoms with E-state index in [1.54, 1.807) is 18.2 Å². The van der Waals surface area contributed by atoms with E-state index in [-0.39, 0.29) is 6.04 Å². The number of rotatable bonds is 3. The highest BCUT2D eigenvalue weighted by Gasteiger charge is 2.16. The Kier molecular flexibility index (Phi) is 4.69. The van der Waals surface area contributed by atoms with E-state index in [0.29, 0.717) is 22.3 Å². The van der Waals surface area contributed by atoms with E-state index >= 15 is 0 Å². The molecule has 98 valence electrons. The molecule has 1 unspecified atom stereocenters. The molecule has 1 atom stereocenters. The topological polar surface area (TPSA) is 50.4 Å². The van der Waals surface area contributed by atoms with E-state index < -0.39 is 6.09 Å². The molecule has 1 aromatic rings. The number of hydrogen-bond acceptors (Lipinski definition) is 3. The van der Waals surface area contributed by atoms with E-state index in [0.717, 1.165) is 19.4 Å². The fourth-order valence-corrected chi connectivity index (χ4v) is 2.15. The van der Waals surface area contributed by atoms with Crippen molar-refractivity contribution in [3.8, 4) is 0 Å². The highest BCUT2D eigenvalue weighted by atomic mass is 35.5. The second-order valence-corrected chi connectivity index (χ2v) is 4.98. The number of ether oxygens (including phenoxy) is 1. The van der Waals surface area contributed by atoms with Gasteiger partial charge >= 0.3 is 6.09 Å². The molecule has 1 aliphatic heterocycles. The first kappa shape index (κ1) is 13.5. The summed E-state index contributed by atoms with van der Waals surface area (Å²) in [6, 6.07) is 5.12. The second-order valence-electron chi connectivity index (χ2n) is 4.14. The number of nitrogens with one attached hydrogen (secondary N) is 2. The molecule has 2 rings (SSSR count). The molecule has 0 aromatic heterocycles. The van der Waals surface area contributed by atoms with Crippen molar-refractivity contribution in [1.29, 1.82) is 0 Å². The number of carbonyl (C=O) groups excluding carboxylic acids is 1. The maximum atomic E-state index is 11.6. The van der Waals surface area contributed by atoms with Crippen molar-refractivity contribution in [3.05, 3.63) is 28.2 Å². The number of benzene rings is 1. The van der Waals surface area contributed by atoms with Gasteiger partial charge in [-0.15, -0.1) is 0 Å². The molecule has 0 spiro atoms. The summed E-state index contributed by atoms with van der Waals surface area (Å²) < 4.78 is 5.11. The molecule has 6 heteroatoms. The van der Waals surface area contributed by atoms with Crippen LogP contribution in [0.5, 0.6) is 0 Å². The maximum absolute atomic E-state index is 11.6. The molecule has 0 radical (unpaired) electrons. The predicted molar refractivity (Wildman–Crippen MR) is 72.5 cm³/mol. The Balaban J connectivity index is 1.84. The zero-order valence-corrected chi connectivity index (χ0v) is 11.2. The van der Waals surface area contributed by atoms with Crippen molar-refractivity contribution in [2.24, 2.45) is 0 Å². The third kappa shape index (κ3) is 3.77. The lowest BCUT2D eigenvalue weighted by atomic mass is 10.2. The molecule has 0 aliphatic carbocycles. The average molecular weight is 289 g/mol. The monoisotopic (exact) mass is 288 g/mol. The van der Waals surface area contributed by atoms with Crippen molar-refractivity contribution in [3.63, 3.8) is 0 Å². The molecule has 0 bridgehead atoms. The summed E-state index contributed by atoms with van der Waals surface area (Å²) in [7, 11) is 0. The molecule has 18 heavy (non-hydrogen) atoms. The molecule has 2 N–H and O–H groups in total. The van der Waals surface area contributed by atoms with E-state index in [1.807, 2.05) is 0 Å². The lowest BCUT2D eigenvalue weighted by Gasteiger charge is -2.12. The van der Waals surface area contributed by atoms with Gasteiger partial charge < -0.3 is 10.1 Å². The molecule has 0 saturated carbocycles. The Morgan fingerprint density at radius 3 is 3.06 bits per heavy atom. The van der Waals surface area contributed by atoms with E-state index in [9.17, 15) is 4.79 Å². The molecule has 1 aliphatic rings. The first-order chi connectivity index (χ1) is 8.65. The van der Waals surface area contributed by atoms with Gasteiger partial charge in [0.25, 0.3) is 0 Å². The summed E-state index contributed by atoms with van der Waals surface area (Å²) in [6.45, 7) is 1.35. The number of halogens is 2. The van der Waals surface area contributed by atoms with Crippen LogP contribution < -0.4 is 10.6 Å². The first-order valence-electron chi connectivity index (χ1n) is 5.77. The number of hydrogen-bond donors (Lipinski definition) is 2. The quantitative estimate of drug-likeness (QED) is 0.897. The zero-order valence-electron chi connectivity index (χ0n) is 9.71. The number of anilines is 1. The molecule has 1 amide bonds. The van der Waals surface area contributed by atoms with Gasteiger partial charge in [-0.25, -0.2) is 4.79 Å². The summed E-state index contributed by atoms with van der Waals surface area (Å²) in [5, 5.41) is 6.75. The van der Waals surface area contributed by atoms with Crippen LogP contribution in [0.3, 0.4) is 0 Å². The minimum Gasteiger partial charge on any atom is -0.448 e. The van der Waals surface area contributed by atoms with Gasteiger partial charge in [0.2, 0.25) is 0 Å². The van der Waals surface area contributed by atoms with Gasteiger partial charge in [-0.3, -0.25) is 5.32 Å². The highest BCUT2D eigenvalue weighted by Crippen LogP contribution is 2.25. The zero-order chi connectivity index (χ0) is 13.0. The lowest BCUT2D eigenvalue weighted by Crippen LogP contribution is -2.29. The standard InChI is InChI=1S/C12H14Cl2N2O2/c13-8-3-4-10(14)11(6-8)16-12(17)18-7-9-2-1-5-15-9/h3-4,6,9,15H,1-2,5,7H2,(H,16,17). The molecular weight excluding hydrogens is 275 g/mol. The SMILES string of the molecule is O=C(Nc1cc(Cl)ccc1Cl)OCC1CCCN1. The van der Waals surface area contributed by atoms with Gasteiger partial charge in [0.15, 0.2) is 0 Å². The fraction of sp³-hybridized carbons (Fsp3) is 0.417. The van der Waals surface area contributed by atoms with Crippen molar-refractivity contribution in [1.82, 2.24) is 5.32 Å². The van der Waals surface area contributed by atoms with Crippen LogP contribution in [0.15, 0.2) is 18.2 Å². The van der Waals surface area contributed by atoms with Gasteiger partial charge in [-0.2, -0.15) is 0 Å². The van der Waals surface area contributed by atoms with Gasteiger partial charge in [0.05, 0.1) is 10.7 Å². The highest BCUT2D eigenvalue weighted by molar-refractivity contribution is 6.35. The Hall–Kier alpha value is -0.970. The van der Waals surface area contributed by atoms with Crippen LogP contribution in [0.2, 0.25) is 10.0 Å². The normalized spacial score (nSPS) is 18.7. The van der Waals surface area contributed by atoms with E-state index in [1.165, 1.54) is 0 Å². The Bertz CT molecular complexity index is 434. The fourth-order valence-electron chi connectivity index (χ4n) is 1.81. The summed E-state index contributed by atoms with van der Waals surface area (Å²) >= 11 is 11.7. The summed E-state index contributed by atoms with van der Waals surface area (Å²) in [5.74, 6) is 0. The molecule has 4 nitrogen and oxygen atoms in total. The van der Waals surface area contributed by atoms with E-state index in [2.05, 4.69) is 10.6 Å². The molecule has 1 saturated heterocycles. The summed E-state index contributed by atoms with van der Waals surface area (Å²) in [6.07, 6.45) is 1.63. The van der Waals surface area contributed by atoms with Crippen LogP contribution in [0, 0.1) is 0 Å². The smallest absolute Gasteiger partial charge is 0.411 e. The van der Waals surface area contributed by atoms with Crippen molar-refractivity contribution in [2.75, 3.05) is 18.5 Å². The third-order valence-corrected chi connectivity index (χ3v) is 3.31. The van der Waals surface area contributed by atoms with Crippen molar-refractivity contribution >= 4 is 35.0 Å². The Labute approximate surface area is 116 Å². The van der Waals surface area contributed by atoms with Crippen LogP contribution in [-0.4, -0.2) is 25.3 Å². The van der Waals surface area contributed by atoms with Crippen LogP contribution >= 0.6 is 23.2 Å². The lowest BCUT2D eigenvalue weighted by molar-refractivity contribution is 0.151. The minimum atomic E-state index is -0.520. The molecular formula is C12H14Cl2N2O2. The Morgan fingerprint density at radius 2 is 2.33 bits per heavy atom. The number of amides is 1. The van der Waals surface area contributed by atoms with Crippen LogP contribution in [0.25, 0.3) is 0 Å². The summed E-state index contributed by atoms with van der Waals surface area (Å²) in [5.41, 5.74) is 0.452. The molecule has 1 heterocycles. The predicted octanol–water partition coefficient (Wildman–Crippen LogP) is 3.29. The van der Waals surface area contributed by atoms with Gasteiger partial charge in [-0.1, -0.05) is 23.2 Å². The van der Waals surface area contributed by atoms with E-state index in [4.69, 9.17) is 27.9 Å². The number of carbonyl (C=O) groups is 1. The van der Waals surface area contributed by atoms with Crippen LogP contribution in [0.4, 0.5) is 10.5 Å². The minimum absolute atomic E-state index is 0.255. The molecule has 1 aromatic carbocycles. The third-order valence-electron chi connectivity index (χ3n) is 2.74. The van der Waals surface area contributed by atoms with Crippen LogP contribution in [-0.2, 0) is 4.74 Å². The molecule has 1 fully saturated rings. The second kappa shape index (κ2) is 6.27. The average Bonchev–Trinajstić information content (AvgIpc) is 2.84. The first-order valence-corrected chi connectivity index (χ1v) is 6.53. The van der Waals surface area contributed by atoms with Gasteiger partial charge in [-0.05, 0) is 37.6 Å². The maximum Gasteiger partial charge on any atom is 0.411 e. The van der Waals surface area contributed by atoms with Gasteiger partial charge in [0.1, 0.15) is 6.61 Å². The Morgan fingerprint density at radius 1 is 1.50 bits per heavy atom. The van der Waals surface area contributed by atoms with Crippen molar-refractivity contribution in [2.45, 2.75) is 18.9 Å². The van der Waals surface area contributed by atoms with Gasteiger partial charge in [0, 0.05) is 11.1 Å².